The number of sulfonamides is 1. The molecule has 0 aliphatic carbocycles. The number of aliphatic carboxylic acids is 1. The molecule has 3 N–H and O–H groups in total. The Bertz CT molecular complexity index is 303. The van der Waals surface area contributed by atoms with Gasteiger partial charge in [0.25, 0.3) is 0 Å². The summed E-state index contributed by atoms with van der Waals surface area (Å²) in [5.41, 5.74) is 0. The van der Waals surface area contributed by atoms with E-state index in [1.807, 2.05) is 6.92 Å². The molecule has 0 saturated heterocycles. The lowest BCUT2D eigenvalue weighted by atomic mass is 10.2. The number of hydrogen-bond donors (Lipinski definition) is 3. The molecule has 0 spiro atoms. The molecule has 6 nitrogen and oxygen atoms in total. The first-order valence-corrected chi connectivity index (χ1v) is 7.10. The van der Waals surface area contributed by atoms with E-state index in [0.29, 0.717) is 25.9 Å². The molecular weight excluding hydrogens is 232 g/mol. The van der Waals surface area contributed by atoms with Gasteiger partial charge in [-0.25, -0.2) is 13.1 Å². The lowest BCUT2D eigenvalue weighted by Crippen LogP contribution is -2.31. The molecule has 0 bridgehead atoms. The molecule has 96 valence electrons. The monoisotopic (exact) mass is 252 g/mol. The van der Waals surface area contributed by atoms with Gasteiger partial charge < -0.3 is 10.4 Å². The molecule has 0 aromatic rings. The van der Waals surface area contributed by atoms with Crippen LogP contribution in [0.2, 0.25) is 0 Å². The molecule has 0 amide bonds. The van der Waals surface area contributed by atoms with Crippen LogP contribution in [0.5, 0.6) is 0 Å². The second kappa shape index (κ2) is 7.59. The van der Waals surface area contributed by atoms with Crippen molar-refractivity contribution in [3.05, 3.63) is 0 Å². The number of nitrogens with one attached hydrogen (secondary N) is 2. The maximum atomic E-state index is 10.7. The molecule has 0 heterocycles. The largest absolute Gasteiger partial charge is 0.481 e. The van der Waals surface area contributed by atoms with Gasteiger partial charge in [0, 0.05) is 19.0 Å². The van der Waals surface area contributed by atoms with Gasteiger partial charge >= 0.3 is 5.97 Å². The van der Waals surface area contributed by atoms with Gasteiger partial charge in [0.1, 0.15) is 0 Å². The van der Waals surface area contributed by atoms with E-state index in [4.69, 9.17) is 5.11 Å². The summed E-state index contributed by atoms with van der Waals surface area (Å²) < 4.78 is 23.8. The minimum atomic E-state index is -3.10. The minimum Gasteiger partial charge on any atom is -0.481 e. The highest BCUT2D eigenvalue weighted by Gasteiger charge is 2.04. The van der Waals surface area contributed by atoms with Crippen LogP contribution in [0.1, 0.15) is 26.2 Å². The van der Waals surface area contributed by atoms with Crippen LogP contribution in [0.25, 0.3) is 0 Å². The van der Waals surface area contributed by atoms with Crippen molar-refractivity contribution < 1.29 is 18.3 Å². The lowest BCUT2D eigenvalue weighted by molar-refractivity contribution is -0.137. The smallest absolute Gasteiger partial charge is 0.303 e. The summed E-state index contributed by atoms with van der Waals surface area (Å²) in [6.07, 6.45) is 2.53. The SMILES string of the molecule is CC(CCC(=O)O)NCCCNS(C)(=O)=O. The summed E-state index contributed by atoms with van der Waals surface area (Å²) in [7, 11) is -3.10. The third-order valence-electron chi connectivity index (χ3n) is 2.00. The van der Waals surface area contributed by atoms with Gasteiger partial charge in [-0.2, -0.15) is 0 Å². The van der Waals surface area contributed by atoms with Crippen molar-refractivity contribution in [2.24, 2.45) is 0 Å². The highest BCUT2D eigenvalue weighted by atomic mass is 32.2. The Labute approximate surface area is 96.5 Å². The van der Waals surface area contributed by atoms with Crippen molar-refractivity contribution in [1.82, 2.24) is 10.0 Å². The van der Waals surface area contributed by atoms with Crippen molar-refractivity contribution in [1.29, 1.82) is 0 Å². The number of carbonyl (C=O) groups is 1. The zero-order valence-corrected chi connectivity index (χ0v) is 10.5. The maximum Gasteiger partial charge on any atom is 0.303 e. The lowest BCUT2D eigenvalue weighted by Gasteiger charge is -2.12. The molecule has 1 atom stereocenters. The maximum absolute atomic E-state index is 10.7. The number of rotatable bonds is 9. The van der Waals surface area contributed by atoms with Crippen molar-refractivity contribution in [3.8, 4) is 0 Å². The molecule has 0 aliphatic rings. The number of carboxylic acids is 1. The van der Waals surface area contributed by atoms with Gasteiger partial charge in [-0.1, -0.05) is 0 Å². The molecule has 0 aromatic carbocycles. The molecule has 0 rings (SSSR count). The van der Waals surface area contributed by atoms with E-state index < -0.39 is 16.0 Å². The average Bonchev–Trinajstić information content (AvgIpc) is 2.12. The molecule has 0 aromatic heterocycles. The van der Waals surface area contributed by atoms with E-state index in [-0.39, 0.29) is 12.5 Å². The Balaban J connectivity index is 3.41. The van der Waals surface area contributed by atoms with Gasteiger partial charge in [-0.3, -0.25) is 4.79 Å². The van der Waals surface area contributed by atoms with E-state index in [1.165, 1.54) is 0 Å². The van der Waals surface area contributed by atoms with Crippen LogP contribution < -0.4 is 10.0 Å². The Morgan fingerprint density at radius 1 is 1.38 bits per heavy atom. The molecule has 7 heteroatoms. The standard InChI is InChI=1S/C9H20N2O4S/c1-8(4-5-9(12)13)10-6-3-7-11-16(2,14)15/h8,10-11H,3-7H2,1-2H3,(H,12,13). The van der Waals surface area contributed by atoms with Gasteiger partial charge in [0.2, 0.25) is 10.0 Å². The minimum absolute atomic E-state index is 0.134. The third kappa shape index (κ3) is 11.4. The Kier molecular flexibility index (Phi) is 7.27. The molecule has 0 radical (unpaired) electrons. The van der Waals surface area contributed by atoms with E-state index in [2.05, 4.69) is 10.0 Å². The van der Waals surface area contributed by atoms with Gasteiger partial charge in [-0.05, 0) is 26.3 Å². The van der Waals surface area contributed by atoms with Gasteiger partial charge in [0.05, 0.1) is 6.26 Å². The molecule has 0 fully saturated rings. The van der Waals surface area contributed by atoms with Crippen LogP contribution in [-0.2, 0) is 14.8 Å². The van der Waals surface area contributed by atoms with E-state index in [1.54, 1.807) is 0 Å². The van der Waals surface area contributed by atoms with Crippen LogP contribution in [0.4, 0.5) is 0 Å². The predicted molar refractivity (Wildman–Crippen MR) is 61.8 cm³/mol. The summed E-state index contributed by atoms with van der Waals surface area (Å²) >= 11 is 0. The highest BCUT2D eigenvalue weighted by molar-refractivity contribution is 7.88. The highest BCUT2D eigenvalue weighted by Crippen LogP contribution is 1.95. The van der Waals surface area contributed by atoms with Crippen LogP contribution >= 0.6 is 0 Å². The van der Waals surface area contributed by atoms with Crippen molar-refractivity contribution in [2.45, 2.75) is 32.2 Å². The zero-order chi connectivity index (χ0) is 12.6. The van der Waals surface area contributed by atoms with E-state index in [9.17, 15) is 13.2 Å². The topological polar surface area (TPSA) is 95.5 Å². The average molecular weight is 252 g/mol. The van der Waals surface area contributed by atoms with Crippen molar-refractivity contribution >= 4 is 16.0 Å². The van der Waals surface area contributed by atoms with E-state index in [0.717, 1.165) is 6.26 Å². The molecule has 0 saturated carbocycles. The molecular formula is C9H20N2O4S. The fourth-order valence-electron chi connectivity index (χ4n) is 1.14. The van der Waals surface area contributed by atoms with Crippen LogP contribution in [0, 0.1) is 0 Å². The van der Waals surface area contributed by atoms with Crippen molar-refractivity contribution in [3.63, 3.8) is 0 Å². The number of hydrogen-bond acceptors (Lipinski definition) is 4. The second-order valence-corrected chi connectivity index (χ2v) is 5.64. The fourth-order valence-corrected chi connectivity index (χ4v) is 1.65. The predicted octanol–water partition coefficient (Wildman–Crippen LogP) is -0.231. The Morgan fingerprint density at radius 3 is 2.50 bits per heavy atom. The van der Waals surface area contributed by atoms with Gasteiger partial charge in [-0.15, -0.1) is 0 Å². The summed E-state index contributed by atoms with van der Waals surface area (Å²) in [6.45, 7) is 2.98. The van der Waals surface area contributed by atoms with Crippen molar-refractivity contribution in [2.75, 3.05) is 19.3 Å². The number of carboxylic acid groups (broad SMARTS) is 1. The molecule has 1 unspecified atom stereocenters. The van der Waals surface area contributed by atoms with Crippen LogP contribution in [-0.4, -0.2) is 44.9 Å². The first-order valence-electron chi connectivity index (χ1n) is 5.21. The Morgan fingerprint density at radius 2 is 2.00 bits per heavy atom. The summed E-state index contributed by atoms with van der Waals surface area (Å²) in [5, 5.41) is 11.6. The zero-order valence-electron chi connectivity index (χ0n) is 9.69. The third-order valence-corrected chi connectivity index (χ3v) is 2.73. The first-order chi connectivity index (χ1) is 7.31. The van der Waals surface area contributed by atoms with Crippen LogP contribution in [0.15, 0.2) is 0 Å². The van der Waals surface area contributed by atoms with Gasteiger partial charge in [0.15, 0.2) is 0 Å². The fraction of sp³-hybridized carbons (Fsp3) is 0.889. The molecule has 0 aliphatic heterocycles. The normalized spacial score (nSPS) is 13.6. The second-order valence-electron chi connectivity index (χ2n) is 3.81. The first kappa shape index (κ1) is 15.3. The van der Waals surface area contributed by atoms with E-state index >= 15 is 0 Å². The van der Waals surface area contributed by atoms with Crippen LogP contribution in [0.3, 0.4) is 0 Å². The summed E-state index contributed by atoms with van der Waals surface area (Å²) in [4.78, 5) is 10.3. The molecule has 16 heavy (non-hydrogen) atoms. The summed E-state index contributed by atoms with van der Waals surface area (Å²) in [5.74, 6) is -0.799. The summed E-state index contributed by atoms with van der Waals surface area (Å²) in [6, 6.07) is 0.134. The quantitative estimate of drug-likeness (QED) is 0.493. The Hall–Kier alpha value is -0.660.